The first kappa shape index (κ1) is 14.3. The Labute approximate surface area is 107 Å². The molecule has 0 amide bonds. The second-order valence-corrected chi connectivity index (χ2v) is 4.74. The van der Waals surface area contributed by atoms with Gasteiger partial charge in [-0.1, -0.05) is 19.1 Å². The molecule has 4 heteroatoms. The maximum absolute atomic E-state index is 14.1. The van der Waals surface area contributed by atoms with E-state index in [-0.39, 0.29) is 11.9 Å². The van der Waals surface area contributed by atoms with E-state index in [1.807, 2.05) is 19.1 Å². The normalized spacial score (nSPS) is 12.5. The van der Waals surface area contributed by atoms with Crippen LogP contribution in [0.3, 0.4) is 0 Å². The van der Waals surface area contributed by atoms with Crippen LogP contribution in [0.1, 0.15) is 24.9 Å². The zero-order chi connectivity index (χ0) is 12.7. The number of thioether (sulfide) groups is 1. The monoisotopic (exact) mass is 257 g/mol. The maximum atomic E-state index is 14.1. The molecule has 1 aromatic rings. The molecule has 17 heavy (non-hydrogen) atoms. The van der Waals surface area contributed by atoms with Crippen LogP contribution in [0.5, 0.6) is 5.75 Å². The third-order valence-electron chi connectivity index (χ3n) is 2.65. The summed E-state index contributed by atoms with van der Waals surface area (Å²) in [6, 6.07) is 5.37. The highest BCUT2D eigenvalue weighted by Gasteiger charge is 2.17. The lowest BCUT2D eigenvalue weighted by Crippen LogP contribution is -2.22. The van der Waals surface area contributed by atoms with E-state index in [4.69, 9.17) is 4.74 Å². The fraction of sp³-hybridized carbons (Fsp3) is 0.538. The van der Waals surface area contributed by atoms with Gasteiger partial charge < -0.3 is 10.1 Å². The molecule has 0 heterocycles. The summed E-state index contributed by atoms with van der Waals surface area (Å²) in [6.45, 7) is 2.86. The Kier molecular flexibility index (Phi) is 6.37. The van der Waals surface area contributed by atoms with Gasteiger partial charge in [0.1, 0.15) is 0 Å². The topological polar surface area (TPSA) is 21.3 Å². The highest BCUT2D eigenvalue weighted by Crippen LogP contribution is 2.27. The third-order valence-corrected chi connectivity index (χ3v) is 3.29. The summed E-state index contributed by atoms with van der Waals surface area (Å²) in [4.78, 5) is 0. The predicted octanol–water partition coefficient (Wildman–Crippen LogP) is 3.24. The van der Waals surface area contributed by atoms with Crippen LogP contribution < -0.4 is 10.1 Å². The highest BCUT2D eigenvalue weighted by molar-refractivity contribution is 7.98. The quantitative estimate of drug-likeness (QED) is 0.810. The van der Waals surface area contributed by atoms with Gasteiger partial charge in [0.25, 0.3) is 0 Å². The van der Waals surface area contributed by atoms with E-state index in [9.17, 15) is 4.39 Å². The molecule has 2 nitrogen and oxygen atoms in total. The van der Waals surface area contributed by atoms with Crippen molar-refractivity contribution in [3.8, 4) is 5.75 Å². The molecule has 0 aliphatic rings. The standard InChI is InChI=1S/C13H20FNOS/c1-4-15-11(8-9-17-3)10-6-5-7-12(16-2)13(10)14/h5-7,11,15H,4,8-9H2,1-3H3. The number of rotatable bonds is 7. The molecule has 0 saturated heterocycles. The number of benzene rings is 1. The van der Waals surface area contributed by atoms with Crippen molar-refractivity contribution in [2.75, 3.05) is 25.7 Å². The van der Waals surface area contributed by atoms with Gasteiger partial charge >= 0.3 is 0 Å². The van der Waals surface area contributed by atoms with Gasteiger partial charge in [-0.15, -0.1) is 0 Å². The van der Waals surface area contributed by atoms with Gasteiger partial charge in [-0.3, -0.25) is 0 Å². The van der Waals surface area contributed by atoms with Crippen molar-refractivity contribution in [3.63, 3.8) is 0 Å². The second-order valence-electron chi connectivity index (χ2n) is 3.76. The van der Waals surface area contributed by atoms with Crippen LogP contribution in [-0.2, 0) is 0 Å². The Morgan fingerprint density at radius 3 is 2.82 bits per heavy atom. The summed E-state index contributed by atoms with van der Waals surface area (Å²) in [5.74, 6) is 1.07. The smallest absolute Gasteiger partial charge is 0.169 e. The molecular formula is C13H20FNOS. The summed E-state index contributed by atoms with van der Waals surface area (Å²) in [6.07, 6.45) is 2.98. The van der Waals surface area contributed by atoms with Gasteiger partial charge in [0.2, 0.25) is 0 Å². The maximum Gasteiger partial charge on any atom is 0.169 e. The van der Waals surface area contributed by atoms with Crippen molar-refractivity contribution >= 4 is 11.8 Å². The third kappa shape index (κ3) is 3.89. The van der Waals surface area contributed by atoms with E-state index in [1.165, 1.54) is 7.11 Å². The number of ether oxygens (including phenoxy) is 1. The van der Waals surface area contributed by atoms with E-state index in [1.54, 1.807) is 17.8 Å². The minimum absolute atomic E-state index is 0.0579. The molecule has 0 aliphatic carbocycles. The molecule has 0 saturated carbocycles. The van der Waals surface area contributed by atoms with Gasteiger partial charge in [-0.2, -0.15) is 11.8 Å². The Balaban J connectivity index is 2.92. The lowest BCUT2D eigenvalue weighted by Gasteiger charge is -2.19. The predicted molar refractivity (Wildman–Crippen MR) is 72.4 cm³/mol. The summed E-state index contributed by atoms with van der Waals surface area (Å²) >= 11 is 1.77. The van der Waals surface area contributed by atoms with Crippen LogP contribution in [0.25, 0.3) is 0 Å². The first-order valence-corrected chi connectivity index (χ1v) is 7.18. The van der Waals surface area contributed by atoms with Crippen LogP contribution in [0, 0.1) is 5.82 Å². The molecule has 1 atom stereocenters. The number of nitrogens with one attached hydrogen (secondary N) is 1. The van der Waals surface area contributed by atoms with E-state index >= 15 is 0 Å². The van der Waals surface area contributed by atoms with Crippen molar-refractivity contribution < 1.29 is 9.13 Å². The molecule has 0 bridgehead atoms. The van der Waals surface area contributed by atoms with Gasteiger partial charge in [0.15, 0.2) is 11.6 Å². The minimum atomic E-state index is -0.248. The first-order valence-electron chi connectivity index (χ1n) is 5.79. The van der Waals surface area contributed by atoms with Crippen molar-refractivity contribution in [2.45, 2.75) is 19.4 Å². The zero-order valence-electron chi connectivity index (χ0n) is 10.6. The minimum Gasteiger partial charge on any atom is -0.494 e. The van der Waals surface area contributed by atoms with Crippen LogP contribution in [0.4, 0.5) is 4.39 Å². The van der Waals surface area contributed by atoms with Gasteiger partial charge in [-0.25, -0.2) is 4.39 Å². The molecule has 1 rings (SSSR count). The van der Waals surface area contributed by atoms with Crippen molar-refractivity contribution in [3.05, 3.63) is 29.6 Å². The molecule has 0 aromatic heterocycles. The van der Waals surface area contributed by atoms with E-state index in [2.05, 4.69) is 11.6 Å². The van der Waals surface area contributed by atoms with Crippen LogP contribution in [-0.4, -0.2) is 25.7 Å². The molecule has 0 radical (unpaired) electrons. The molecule has 1 N–H and O–H groups in total. The molecule has 1 unspecified atom stereocenters. The fourth-order valence-corrected chi connectivity index (χ4v) is 2.28. The number of halogens is 1. The second kappa shape index (κ2) is 7.56. The molecular weight excluding hydrogens is 237 g/mol. The van der Waals surface area contributed by atoms with Crippen LogP contribution in [0.15, 0.2) is 18.2 Å². The van der Waals surface area contributed by atoms with Crippen molar-refractivity contribution in [1.82, 2.24) is 5.32 Å². The first-order chi connectivity index (χ1) is 8.24. The Hall–Kier alpha value is -0.740. The number of methoxy groups -OCH3 is 1. The summed E-state index contributed by atoms with van der Waals surface area (Å²) in [5, 5.41) is 3.32. The SMILES string of the molecule is CCNC(CCSC)c1cccc(OC)c1F. The summed E-state index contributed by atoms with van der Waals surface area (Å²) in [7, 11) is 1.49. The van der Waals surface area contributed by atoms with E-state index < -0.39 is 0 Å². The van der Waals surface area contributed by atoms with Crippen molar-refractivity contribution in [2.24, 2.45) is 0 Å². The lowest BCUT2D eigenvalue weighted by atomic mass is 10.0. The molecule has 0 spiro atoms. The zero-order valence-corrected chi connectivity index (χ0v) is 11.4. The van der Waals surface area contributed by atoms with E-state index in [0.29, 0.717) is 11.3 Å². The Morgan fingerprint density at radius 1 is 1.47 bits per heavy atom. The van der Waals surface area contributed by atoms with Gasteiger partial charge in [0, 0.05) is 11.6 Å². The Bertz CT molecular complexity index is 346. The van der Waals surface area contributed by atoms with Gasteiger partial charge in [0.05, 0.1) is 7.11 Å². The number of hydrogen-bond acceptors (Lipinski definition) is 3. The van der Waals surface area contributed by atoms with Crippen molar-refractivity contribution in [1.29, 1.82) is 0 Å². The van der Waals surface area contributed by atoms with Gasteiger partial charge in [-0.05, 0) is 31.0 Å². The molecule has 1 aromatic carbocycles. The largest absolute Gasteiger partial charge is 0.494 e. The lowest BCUT2D eigenvalue weighted by molar-refractivity contribution is 0.379. The van der Waals surface area contributed by atoms with Crippen LogP contribution >= 0.6 is 11.8 Å². The number of hydrogen-bond donors (Lipinski definition) is 1. The van der Waals surface area contributed by atoms with E-state index in [0.717, 1.165) is 18.7 Å². The van der Waals surface area contributed by atoms with Crippen LogP contribution in [0.2, 0.25) is 0 Å². The average molecular weight is 257 g/mol. The average Bonchev–Trinajstić information content (AvgIpc) is 2.35. The highest BCUT2D eigenvalue weighted by atomic mass is 32.2. The molecule has 0 aliphatic heterocycles. The summed E-state index contributed by atoms with van der Waals surface area (Å²) < 4.78 is 19.1. The summed E-state index contributed by atoms with van der Waals surface area (Å²) in [5.41, 5.74) is 0.695. The fourth-order valence-electron chi connectivity index (χ4n) is 1.80. The Morgan fingerprint density at radius 2 is 2.24 bits per heavy atom. The molecule has 96 valence electrons. The molecule has 0 fully saturated rings.